The molecule has 1 saturated carbocycles. The molecule has 1 amide bonds. The molecule has 4 heteroatoms. The minimum atomic E-state index is -0.304. The molecule has 0 heterocycles. The summed E-state index contributed by atoms with van der Waals surface area (Å²) in [6.45, 7) is 0.709. The zero-order valence-corrected chi connectivity index (χ0v) is 12.5. The van der Waals surface area contributed by atoms with Crippen molar-refractivity contribution in [2.75, 3.05) is 11.9 Å². The highest BCUT2D eigenvalue weighted by Gasteiger charge is 2.25. The summed E-state index contributed by atoms with van der Waals surface area (Å²) in [6, 6.07) is 6.17. The molecular weight excluding hydrogens is 309 g/mol. The molecule has 1 fully saturated rings. The summed E-state index contributed by atoms with van der Waals surface area (Å²) in [5.74, 6) is -0.285. The molecule has 0 unspecified atom stereocenters. The van der Waals surface area contributed by atoms with Gasteiger partial charge < -0.3 is 4.90 Å². The summed E-state index contributed by atoms with van der Waals surface area (Å²) in [5.41, 5.74) is 0.577. The van der Waals surface area contributed by atoms with Gasteiger partial charge in [0.1, 0.15) is 5.82 Å². The Balaban J connectivity index is 2.13. The van der Waals surface area contributed by atoms with Crippen LogP contribution in [0.15, 0.2) is 24.3 Å². The van der Waals surface area contributed by atoms with E-state index in [4.69, 9.17) is 0 Å². The SMILES string of the molecule is O=C(c1ccc(F)cc1)N(CCBr)C1CCCCC1. The molecule has 1 aliphatic carbocycles. The molecule has 0 atom stereocenters. The molecule has 0 aromatic heterocycles. The van der Waals surface area contributed by atoms with Crippen LogP contribution in [0.3, 0.4) is 0 Å². The fraction of sp³-hybridized carbons (Fsp3) is 0.533. The highest BCUT2D eigenvalue weighted by atomic mass is 79.9. The Morgan fingerprint density at radius 3 is 2.42 bits per heavy atom. The molecular formula is C15H19BrFNO. The van der Waals surface area contributed by atoms with Crippen molar-refractivity contribution in [3.8, 4) is 0 Å². The lowest BCUT2D eigenvalue weighted by Gasteiger charge is -2.34. The average molecular weight is 328 g/mol. The number of carbonyl (C=O) groups excluding carboxylic acids is 1. The van der Waals surface area contributed by atoms with Crippen LogP contribution in [0.5, 0.6) is 0 Å². The number of nitrogens with zero attached hydrogens (tertiary/aromatic N) is 1. The van der Waals surface area contributed by atoms with E-state index >= 15 is 0 Å². The van der Waals surface area contributed by atoms with E-state index in [2.05, 4.69) is 15.9 Å². The Hall–Kier alpha value is -0.900. The molecule has 1 aromatic carbocycles. The molecule has 0 radical (unpaired) electrons. The molecule has 0 bridgehead atoms. The second-order valence-corrected chi connectivity index (χ2v) is 5.78. The van der Waals surface area contributed by atoms with Gasteiger partial charge in [0.15, 0.2) is 0 Å². The lowest BCUT2D eigenvalue weighted by Crippen LogP contribution is -2.42. The maximum atomic E-state index is 12.9. The van der Waals surface area contributed by atoms with Crippen molar-refractivity contribution in [2.45, 2.75) is 38.1 Å². The fourth-order valence-electron chi connectivity index (χ4n) is 2.69. The minimum Gasteiger partial charge on any atom is -0.335 e. The van der Waals surface area contributed by atoms with E-state index in [9.17, 15) is 9.18 Å². The number of rotatable bonds is 4. The Bertz CT molecular complexity index is 415. The van der Waals surface area contributed by atoms with Crippen molar-refractivity contribution in [3.05, 3.63) is 35.6 Å². The van der Waals surface area contributed by atoms with Crippen LogP contribution in [-0.2, 0) is 0 Å². The Morgan fingerprint density at radius 2 is 1.84 bits per heavy atom. The maximum absolute atomic E-state index is 12.9. The summed E-state index contributed by atoms with van der Waals surface area (Å²) in [6.07, 6.45) is 5.82. The first-order chi connectivity index (χ1) is 9.22. The smallest absolute Gasteiger partial charge is 0.254 e. The highest BCUT2D eigenvalue weighted by Crippen LogP contribution is 2.24. The molecule has 2 rings (SSSR count). The van der Waals surface area contributed by atoms with E-state index in [1.807, 2.05) is 4.90 Å². The van der Waals surface area contributed by atoms with Crippen LogP contribution in [0.25, 0.3) is 0 Å². The maximum Gasteiger partial charge on any atom is 0.254 e. The van der Waals surface area contributed by atoms with Crippen molar-refractivity contribution in [3.63, 3.8) is 0 Å². The van der Waals surface area contributed by atoms with Crippen molar-refractivity contribution in [2.24, 2.45) is 0 Å². The van der Waals surface area contributed by atoms with Gasteiger partial charge in [-0.05, 0) is 37.1 Å². The predicted octanol–water partition coefficient (Wildman–Crippen LogP) is 4.00. The normalized spacial score (nSPS) is 16.3. The van der Waals surface area contributed by atoms with Crippen LogP contribution in [0.1, 0.15) is 42.5 Å². The number of amides is 1. The molecule has 19 heavy (non-hydrogen) atoms. The number of alkyl halides is 1. The zero-order chi connectivity index (χ0) is 13.7. The summed E-state index contributed by atoms with van der Waals surface area (Å²) < 4.78 is 12.9. The second kappa shape index (κ2) is 7.04. The molecule has 1 aliphatic rings. The number of carbonyl (C=O) groups is 1. The molecule has 0 spiro atoms. The lowest BCUT2D eigenvalue weighted by atomic mass is 9.93. The summed E-state index contributed by atoms with van der Waals surface area (Å²) in [7, 11) is 0. The van der Waals surface area contributed by atoms with E-state index in [1.54, 1.807) is 12.1 Å². The third-order valence-electron chi connectivity index (χ3n) is 3.69. The Kier molecular flexibility index (Phi) is 5.37. The number of hydrogen-bond donors (Lipinski definition) is 0. The zero-order valence-electron chi connectivity index (χ0n) is 10.9. The van der Waals surface area contributed by atoms with Gasteiger partial charge in [0.2, 0.25) is 0 Å². The fourth-order valence-corrected chi connectivity index (χ4v) is 3.07. The molecule has 2 nitrogen and oxygen atoms in total. The monoisotopic (exact) mass is 327 g/mol. The van der Waals surface area contributed by atoms with Gasteiger partial charge in [0.05, 0.1) is 0 Å². The van der Waals surface area contributed by atoms with Gasteiger partial charge in [-0.1, -0.05) is 35.2 Å². The van der Waals surface area contributed by atoms with Gasteiger partial charge in [-0.3, -0.25) is 4.79 Å². The van der Waals surface area contributed by atoms with Crippen LogP contribution in [0.2, 0.25) is 0 Å². The van der Waals surface area contributed by atoms with Gasteiger partial charge in [-0.25, -0.2) is 4.39 Å². The van der Waals surface area contributed by atoms with Gasteiger partial charge in [0.25, 0.3) is 5.91 Å². The van der Waals surface area contributed by atoms with Crippen molar-refractivity contribution in [1.29, 1.82) is 0 Å². The quantitative estimate of drug-likeness (QED) is 0.765. The number of hydrogen-bond acceptors (Lipinski definition) is 1. The van der Waals surface area contributed by atoms with Crippen molar-refractivity contribution >= 4 is 21.8 Å². The van der Waals surface area contributed by atoms with Crippen molar-refractivity contribution < 1.29 is 9.18 Å². The number of benzene rings is 1. The van der Waals surface area contributed by atoms with E-state index in [1.165, 1.54) is 31.4 Å². The van der Waals surface area contributed by atoms with Crippen LogP contribution in [-0.4, -0.2) is 28.7 Å². The number of halogens is 2. The first-order valence-corrected chi connectivity index (χ1v) is 7.97. The minimum absolute atomic E-state index is 0.0198. The molecule has 1 aromatic rings. The third-order valence-corrected chi connectivity index (χ3v) is 4.05. The summed E-state index contributed by atoms with van der Waals surface area (Å²) in [4.78, 5) is 14.5. The largest absolute Gasteiger partial charge is 0.335 e. The first-order valence-electron chi connectivity index (χ1n) is 6.85. The summed E-state index contributed by atoms with van der Waals surface area (Å²) >= 11 is 3.42. The molecule has 0 N–H and O–H groups in total. The Labute approximate surface area is 122 Å². The van der Waals surface area contributed by atoms with Gasteiger partial charge in [0, 0.05) is 23.5 Å². The highest BCUT2D eigenvalue weighted by molar-refractivity contribution is 9.09. The van der Waals surface area contributed by atoms with E-state index in [0.29, 0.717) is 18.2 Å². The summed E-state index contributed by atoms with van der Waals surface area (Å²) in [5, 5.41) is 0.774. The van der Waals surface area contributed by atoms with Gasteiger partial charge in [-0.15, -0.1) is 0 Å². The topological polar surface area (TPSA) is 20.3 Å². The predicted molar refractivity (Wildman–Crippen MR) is 78.1 cm³/mol. The molecule has 0 aliphatic heterocycles. The third kappa shape index (κ3) is 3.78. The van der Waals surface area contributed by atoms with Gasteiger partial charge >= 0.3 is 0 Å². The van der Waals surface area contributed by atoms with E-state index in [-0.39, 0.29) is 11.7 Å². The van der Waals surface area contributed by atoms with E-state index < -0.39 is 0 Å². The second-order valence-electron chi connectivity index (χ2n) is 4.99. The van der Waals surface area contributed by atoms with Gasteiger partial charge in [-0.2, -0.15) is 0 Å². The first kappa shape index (κ1) is 14.5. The van der Waals surface area contributed by atoms with Crippen LogP contribution in [0.4, 0.5) is 4.39 Å². The Morgan fingerprint density at radius 1 is 1.21 bits per heavy atom. The van der Waals surface area contributed by atoms with Crippen LogP contribution >= 0.6 is 15.9 Å². The molecule has 0 saturated heterocycles. The average Bonchev–Trinajstić information content (AvgIpc) is 2.46. The lowest BCUT2D eigenvalue weighted by molar-refractivity contribution is 0.0651. The molecule has 104 valence electrons. The van der Waals surface area contributed by atoms with Crippen LogP contribution in [0, 0.1) is 5.82 Å². The van der Waals surface area contributed by atoms with Crippen LogP contribution < -0.4 is 0 Å². The van der Waals surface area contributed by atoms with Crippen molar-refractivity contribution in [1.82, 2.24) is 4.90 Å². The standard InChI is InChI=1S/C15H19BrFNO/c16-10-11-18(14-4-2-1-3-5-14)15(19)12-6-8-13(17)9-7-12/h6-9,14H,1-5,10-11H2. The van der Waals surface area contributed by atoms with E-state index in [0.717, 1.165) is 18.2 Å².